The maximum Gasteiger partial charge on any atom is 0.416 e. The van der Waals surface area contributed by atoms with Crippen LogP contribution < -0.4 is 10.1 Å². The van der Waals surface area contributed by atoms with Crippen molar-refractivity contribution in [3.8, 4) is 5.75 Å². The molecule has 0 heterocycles. The molecule has 1 aliphatic carbocycles. The maximum atomic E-state index is 12.8. The van der Waals surface area contributed by atoms with Crippen LogP contribution in [0.2, 0.25) is 0 Å². The fourth-order valence-corrected chi connectivity index (χ4v) is 3.43. The lowest BCUT2D eigenvalue weighted by atomic mass is 9.92. The number of nitrogens with one attached hydrogen (secondary N) is 1. The molecule has 2 aromatic rings. The van der Waals surface area contributed by atoms with Gasteiger partial charge in [0.25, 0.3) is 5.91 Å². The highest BCUT2D eigenvalue weighted by Crippen LogP contribution is 2.29. The Morgan fingerprint density at radius 3 is 2.57 bits per heavy atom. The van der Waals surface area contributed by atoms with Gasteiger partial charge in [0, 0.05) is 6.54 Å². The van der Waals surface area contributed by atoms with Crippen molar-refractivity contribution in [2.75, 3.05) is 0 Å². The number of hydrogen-bond donors (Lipinski definition) is 1. The largest absolute Gasteiger partial charge is 0.481 e. The average molecular weight is 391 g/mol. The lowest BCUT2D eigenvalue weighted by molar-refractivity contribution is -0.137. The first kappa shape index (κ1) is 20.2. The second-order valence-corrected chi connectivity index (χ2v) is 7.07. The minimum absolute atomic E-state index is 0.0206. The quantitative estimate of drug-likeness (QED) is 0.748. The van der Waals surface area contributed by atoms with Crippen LogP contribution in [0.4, 0.5) is 13.2 Å². The summed E-state index contributed by atoms with van der Waals surface area (Å²) in [5.74, 6) is 0.319. The molecule has 1 aliphatic rings. The molecule has 0 saturated heterocycles. The Labute approximate surface area is 162 Å². The van der Waals surface area contributed by atoms with Gasteiger partial charge >= 0.3 is 6.18 Å². The topological polar surface area (TPSA) is 38.3 Å². The second kappa shape index (κ2) is 8.67. The Morgan fingerprint density at radius 2 is 1.86 bits per heavy atom. The van der Waals surface area contributed by atoms with E-state index in [1.54, 1.807) is 6.07 Å². The zero-order valence-corrected chi connectivity index (χ0v) is 15.8. The molecule has 0 radical (unpaired) electrons. The van der Waals surface area contributed by atoms with Gasteiger partial charge in [-0.05, 0) is 73.1 Å². The minimum atomic E-state index is -4.40. The molecular weight excluding hydrogens is 367 g/mol. The maximum absolute atomic E-state index is 12.8. The molecule has 6 heteroatoms. The van der Waals surface area contributed by atoms with E-state index in [9.17, 15) is 18.0 Å². The zero-order valence-electron chi connectivity index (χ0n) is 15.8. The van der Waals surface area contributed by atoms with Crippen molar-refractivity contribution in [1.29, 1.82) is 0 Å². The SMILES string of the molecule is CC[C@@H](Oc1ccc2c(c1)CCCC2)C(=O)NCc1cccc(C(F)(F)F)c1. The van der Waals surface area contributed by atoms with Gasteiger partial charge in [-0.1, -0.05) is 25.1 Å². The number of aryl methyl sites for hydroxylation is 2. The number of fused-ring (bicyclic) bond motifs is 1. The molecule has 0 spiro atoms. The van der Waals surface area contributed by atoms with Crippen LogP contribution in [0.3, 0.4) is 0 Å². The number of hydrogen-bond acceptors (Lipinski definition) is 2. The van der Waals surface area contributed by atoms with Crippen LogP contribution in [0.25, 0.3) is 0 Å². The number of amides is 1. The third kappa shape index (κ3) is 5.06. The van der Waals surface area contributed by atoms with Crippen molar-refractivity contribution in [2.45, 2.75) is 57.9 Å². The van der Waals surface area contributed by atoms with Crippen LogP contribution in [-0.4, -0.2) is 12.0 Å². The molecular formula is C22H24F3NO2. The van der Waals surface area contributed by atoms with Crippen molar-refractivity contribution in [3.05, 3.63) is 64.7 Å². The molecule has 3 nitrogen and oxygen atoms in total. The van der Waals surface area contributed by atoms with Gasteiger partial charge in [-0.15, -0.1) is 0 Å². The summed E-state index contributed by atoms with van der Waals surface area (Å²) < 4.78 is 44.3. The first-order chi connectivity index (χ1) is 13.4. The summed E-state index contributed by atoms with van der Waals surface area (Å²) in [7, 11) is 0. The molecule has 1 amide bonds. The Kier molecular flexibility index (Phi) is 6.27. The van der Waals surface area contributed by atoms with Crippen molar-refractivity contribution in [1.82, 2.24) is 5.32 Å². The molecule has 0 unspecified atom stereocenters. The van der Waals surface area contributed by atoms with E-state index in [1.165, 1.54) is 23.6 Å². The summed E-state index contributed by atoms with van der Waals surface area (Å²) in [6, 6.07) is 10.9. The second-order valence-electron chi connectivity index (χ2n) is 7.07. The number of carbonyl (C=O) groups excluding carboxylic acids is 1. The Morgan fingerprint density at radius 1 is 1.11 bits per heavy atom. The Balaban J connectivity index is 1.61. The highest BCUT2D eigenvalue weighted by Gasteiger charge is 2.30. The van der Waals surface area contributed by atoms with E-state index < -0.39 is 17.8 Å². The number of alkyl halides is 3. The van der Waals surface area contributed by atoms with E-state index in [2.05, 4.69) is 11.4 Å². The Hall–Kier alpha value is -2.50. The summed E-state index contributed by atoms with van der Waals surface area (Å²) in [6.45, 7) is 1.86. The molecule has 0 aliphatic heterocycles. The third-order valence-corrected chi connectivity index (χ3v) is 4.98. The molecule has 150 valence electrons. The molecule has 0 fully saturated rings. The molecule has 28 heavy (non-hydrogen) atoms. The van der Waals surface area contributed by atoms with E-state index in [1.807, 2.05) is 19.1 Å². The molecule has 1 atom stereocenters. The van der Waals surface area contributed by atoms with Crippen LogP contribution in [0.5, 0.6) is 5.75 Å². The average Bonchev–Trinajstić information content (AvgIpc) is 2.69. The monoisotopic (exact) mass is 391 g/mol. The van der Waals surface area contributed by atoms with Gasteiger partial charge in [0.15, 0.2) is 6.10 Å². The highest BCUT2D eigenvalue weighted by molar-refractivity contribution is 5.81. The van der Waals surface area contributed by atoms with Gasteiger partial charge in [0.2, 0.25) is 0 Å². The lowest BCUT2D eigenvalue weighted by Crippen LogP contribution is -2.37. The number of ether oxygens (including phenoxy) is 1. The van der Waals surface area contributed by atoms with Gasteiger partial charge in [-0.25, -0.2) is 0 Å². The van der Waals surface area contributed by atoms with Gasteiger partial charge in [-0.3, -0.25) is 4.79 Å². The lowest BCUT2D eigenvalue weighted by Gasteiger charge is -2.20. The van der Waals surface area contributed by atoms with E-state index in [4.69, 9.17) is 4.74 Å². The highest BCUT2D eigenvalue weighted by atomic mass is 19.4. The fourth-order valence-electron chi connectivity index (χ4n) is 3.43. The fraction of sp³-hybridized carbons (Fsp3) is 0.409. The van der Waals surface area contributed by atoms with Crippen molar-refractivity contribution < 1.29 is 22.7 Å². The summed E-state index contributed by atoms with van der Waals surface area (Å²) in [5.41, 5.74) is 2.27. The normalized spacial score (nSPS) is 14.9. The molecule has 1 N–H and O–H groups in total. The number of rotatable bonds is 6. The van der Waals surface area contributed by atoms with E-state index in [-0.39, 0.29) is 12.5 Å². The summed E-state index contributed by atoms with van der Waals surface area (Å²) in [6.07, 6.45) is -0.177. The van der Waals surface area contributed by atoms with E-state index >= 15 is 0 Å². The van der Waals surface area contributed by atoms with Gasteiger partial charge in [0.05, 0.1) is 5.56 Å². The molecule has 0 bridgehead atoms. The van der Waals surface area contributed by atoms with Gasteiger partial charge in [0.1, 0.15) is 5.75 Å². The van der Waals surface area contributed by atoms with Crippen molar-refractivity contribution >= 4 is 5.91 Å². The molecule has 0 aromatic heterocycles. The third-order valence-electron chi connectivity index (χ3n) is 4.98. The van der Waals surface area contributed by atoms with E-state index in [0.717, 1.165) is 31.4 Å². The van der Waals surface area contributed by atoms with Crippen LogP contribution in [0.15, 0.2) is 42.5 Å². The van der Waals surface area contributed by atoms with Crippen LogP contribution in [0.1, 0.15) is 48.4 Å². The standard InChI is InChI=1S/C22H24F3NO2/c1-2-20(28-19-11-10-16-7-3-4-8-17(16)13-19)21(27)26-14-15-6-5-9-18(12-15)22(23,24)25/h5-6,9-13,20H,2-4,7-8,14H2,1H3,(H,26,27)/t20-/m1/s1. The van der Waals surface area contributed by atoms with Gasteiger partial charge < -0.3 is 10.1 Å². The van der Waals surface area contributed by atoms with Crippen LogP contribution >= 0.6 is 0 Å². The summed E-state index contributed by atoms with van der Waals surface area (Å²) >= 11 is 0. The molecule has 3 rings (SSSR count). The smallest absolute Gasteiger partial charge is 0.416 e. The van der Waals surface area contributed by atoms with Crippen molar-refractivity contribution in [3.63, 3.8) is 0 Å². The predicted molar refractivity (Wildman–Crippen MR) is 101 cm³/mol. The minimum Gasteiger partial charge on any atom is -0.481 e. The Bertz CT molecular complexity index is 833. The summed E-state index contributed by atoms with van der Waals surface area (Å²) in [4.78, 5) is 12.5. The van der Waals surface area contributed by atoms with Crippen LogP contribution in [0, 0.1) is 0 Å². The van der Waals surface area contributed by atoms with Crippen molar-refractivity contribution in [2.24, 2.45) is 0 Å². The first-order valence-electron chi connectivity index (χ1n) is 9.59. The predicted octanol–water partition coefficient (Wildman–Crippen LogP) is 5.06. The zero-order chi connectivity index (χ0) is 20.1. The number of halogens is 3. The summed E-state index contributed by atoms with van der Waals surface area (Å²) in [5, 5.41) is 2.68. The molecule has 2 aromatic carbocycles. The first-order valence-corrected chi connectivity index (χ1v) is 9.59. The number of carbonyl (C=O) groups is 1. The van der Waals surface area contributed by atoms with Crippen LogP contribution in [-0.2, 0) is 30.4 Å². The molecule has 0 saturated carbocycles. The number of benzene rings is 2. The van der Waals surface area contributed by atoms with E-state index in [0.29, 0.717) is 17.7 Å². The van der Waals surface area contributed by atoms with Gasteiger partial charge in [-0.2, -0.15) is 13.2 Å².